The molecule has 1 aliphatic rings. The van der Waals surface area contributed by atoms with Crippen LogP contribution in [0.3, 0.4) is 0 Å². The van der Waals surface area contributed by atoms with E-state index in [0.717, 1.165) is 42.7 Å². The third kappa shape index (κ3) is 2.26. The Hall–Kier alpha value is -1.75. The Labute approximate surface area is 111 Å². The summed E-state index contributed by atoms with van der Waals surface area (Å²) in [5, 5.41) is 3.32. The topological polar surface area (TPSA) is 59.1 Å². The summed E-state index contributed by atoms with van der Waals surface area (Å²) >= 11 is 0. The molecule has 1 aliphatic heterocycles. The predicted molar refractivity (Wildman–Crippen MR) is 74.9 cm³/mol. The molecular weight excluding hydrogens is 242 g/mol. The van der Waals surface area contributed by atoms with Crippen molar-refractivity contribution in [3.8, 4) is 5.75 Å². The van der Waals surface area contributed by atoms with Gasteiger partial charge in [0.15, 0.2) is 0 Å². The van der Waals surface area contributed by atoms with Crippen LogP contribution in [0.15, 0.2) is 23.0 Å². The number of hydrogen-bond acceptors (Lipinski definition) is 3. The fourth-order valence-corrected chi connectivity index (χ4v) is 2.79. The van der Waals surface area contributed by atoms with Crippen molar-refractivity contribution in [3.63, 3.8) is 0 Å². The average molecular weight is 261 g/mol. The molecule has 2 aromatic rings. The highest BCUT2D eigenvalue weighted by Crippen LogP contribution is 2.24. The first-order chi connectivity index (χ1) is 9.29. The van der Waals surface area contributed by atoms with Crippen LogP contribution >= 0.6 is 0 Å². The number of rotatable bonds is 3. The highest BCUT2D eigenvalue weighted by atomic mass is 16.5. The molecule has 19 heavy (non-hydrogen) atoms. The second-order valence-corrected chi connectivity index (χ2v) is 4.89. The number of nitrogens with zero attached hydrogens (tertiary/aromatic N) is 1. The number of H-pyrrole nitrogens is 1. The van der Waals surface area contributed by atoms with Gasteiger partial charge >= 0.3 is 5.69 Å². The van der Waals surface area contributed by atoms with Gasteiger partial charge in [0.05, 0.1) is 17.6 Å². The number of aromatic nitrogens is 2. The molecule has 0 aliphatic carbocycles. The molecule has 0 spiro atoms. The summed E-state index contributed by atoms with van der Waals surface area (Å²) in [7, 11) is 0. The molecule has 0 bridgehead atoms. The predicted octanol–water partition coefficient (Wildman–Crippen LogP) is 1.65. The summed E-state index contributed by atoms with van der Waals surface area (Å²) in [6.45, 7) is 4.53. The maximum Gasteiger partial charge on any atom is 0.326 e. The highest BCUT2D eigenvalue weighted by molar-refractivity contribution is 5.77. The van der Waals surface area contributed by atoms with Crippen LogP contribution in [0, 0.1) is 0 Å². The molecule has 2 heterocycles. The lowest BCUT2D eigenvalue weighted by molar-refractivity contribution is 0.340. The first kappa shape index (κ1) is 12.3. The van der Waals surface area contributed by atoms with Gasteiger partial charge in [-0.05, 0) is 45.0 Å². The van der Waals surface area contributed by atoms with Crippen LogP contribution < -0.4 is 15.7 Å². The van der Waals surface area contributed by atoms with Gasteiger partial charge in [0.1, 0.15) is 5.75 Å². The Kier molecular flexibility index (Phi) is 3.29. The highest BCUT2D eigenvalue weighted by Gasteiger charge is 2.19. The quantitative estimate of drug-likeness (QED) is 0.883. The van der Waals surface area contributed by atoms with Gasteiger partial charge in [-0.2, -0.15) is 0 Å². The van der Waals surface area contributed by atoms with Crippen LogP contribution in [0.1, 0.15) is 25.8 Å². The lowest BCUT2D eigenvalue weighted by atomic mass is 10.1. The fraction of sp³-hybridized carbons (Fsp3) is 0.500. The van der Waals surface area contributed by atoms with E-state index >= 15 is 0 Å². The van der Waals surface area contributed by atoms with Crippen LogP contribution in [0.2, 0.25) is 0 Å². The third-order valence-corrected chi connectivity index (χ3v) is 3.67. The summed E-state index contributed by atoms with van der Waals surface area (Å²) in [5.41, 5.74) is 1.81. The minimum Gasteiger partial charge on any atom is -0.494 e. The molecule has 102 valence electrons. The molecule has 0 atom stereocenters. The number of hydrogen-bond donors (Lipinski definition) is 2. The van der Waals surface area contributed by atoms with E-state index in [1.807, 2.05) is 29.7 Å². The monoisotopic (exact) mass is 261 g/mol. The minimum absolute atomic E-state index is 0.0180. The van der Waals surface area contributed by atoms with Gasteiger partial charge in [0.2, 0.25) is 0 Å². The first-order valence-electron chi connectivity index (χ1n) is 6.87. The lowest BCUT2D eigenvalue weighted by Gasteiger charge is -2.23. The summed E-state index contributed by atoms with van der Waals surface area (Å²) in [6, 6.07) is 6.09. The van der Waals surface area contributed by atoms with Gasteiger partial charge in [-0.3, -0.25) is 4.57 Å². The van der Waals surface area contributed by atoms with Crippen LogP contribution in [0.4, 0.5) is 0 Å². The van der Waals surface area contributed by atoms with Gasteiger partial charge in [-0.15, -0.1) is 0 Å². The summed E-state index contributed by atoms with van der Waals surface area (Å²) < 4.78 is 7.36. The van der Waals surface area contributed by atoms with Gasteiger partial charge in [0.25, 0.3) is 0 Å². The van der Waals surface area contributed by atoms with Crippen molar-refractivity contribution in [2.24, 2.45) is 0 Å². The zero-order chi connectivity index (χ0) is 13.2. The molecule has 1 aromatic heterocycles. The van der Waals surface area contributed by atoms with Crippen LogP contribution in [0.25, 0.3) is 11.0 Å². The van der Waals surface area contributed by atoms with Crippen molar-refractivity contribution in [2.45, 2.75) is 25.8 Å². The van der Waals surface area contributed by atoms with Crippen molar-refractivity contribution < 1.29 is 4.74 Å². The van der Waals surface area contributed by atoms with E-state index in [4.69, 9.17) is 4.74 Å². The van der Waals surface area contributed by atoms with Gasteiger partial charge < -0.3 is 15.0 Å². The molecule has 5 nitrogen and oxygen atoms in total. The molecule has 1 saturated heterocycles. The van der Waals surface area contributed by atoms with E-state index in [9.17, 15) is 4.79 Å². The molecule has 2 N–H and O–H groups in total. The number of aromatic amines is 1. The standard InChI is InChI=1S/C14H19N3O2/c1-2-19-11-3-4-13-12(9-11)16-14(18)17(13)10-5-7-15-8-6-10/h3-4,9-10,15H,2,5-8H2,1H3,(H,16,18). The second kappa shape index (κ2) is 5.09. The Morgan fingerprint density at radius 3 is 2.89 bits per heavy atom. The normalized spacial score (nSPS) is 16.9. The number of ether oxygens (including phenoxy) is 1. The molecule has 0 unspecified atom stereocenters. The van der Waals surface area contributed by atoms with Crippen molar-refractivity contribution in [1.29, 1.82) is 0 Å². The number of fused-ring (bicyclic) bond motifs is 1. The second-order valence-electron chi connectivity index (χ2n) is 4.89. The molecule has 1 aromatic carbocycles. The smallest absolute Gasteiger partial charge is 0.326 e. The molecule has 0 radical (unpaired) electrons. The Balaban J connectivity index is 2.04. The van der Waals surface area contributed by atoms with Crippen molar-refractivity contribution in [3.05, 3.63) is 28.7 Å². The molecule has 0 saturated carbocycles. The summed E-state index contributed by atoms with van der Waals surface area (Å²) in [6.07, 6.45) is 2.00. The number of imidazole rings is 1. The summed E-state index contributed by atoms with van der Waals surface area (Å²) in [4.78, 5) is 15.1. The van der Waals surface area contributed by atoms with E-state index in [1.165, 1.54) is 0 Å². The Bertz CT molecular complexity index is 623. The van der Waals surface area contributed by atoms with E-state index in [-0.39, 0.29) is 5.69 Å². The van der Waals surface area contributed by atoms with E-state index in [1.54, 1.807) is 0 Å². The largest absolute Gasteiger partial charge is 0.494 e. The van der Waals surface area contributed by atoms with Gasteiger partial charge in [0, 0.05) is 12.1 Å². The summed E-state index contributed by atoms with van der Waals surface area (Å²) in [5.74, 6) is 0.800. The van der Waals surface area contributed by atoms with E-state index < -0.39 is 0 Å². The van der Waals surface area contributed by atoms with Gasteiger partial charge in [-0.1, -0.05) is 0 Å². The molecular formula is C14H19N3O2. The van der Waals surface area contributed by atoms with E-state index in [2.05, 4.69) is 10.3 Å². The third-order valence-electron chi connectivity index (χ3n) is 3.67. The SMILES string of the molecule is CCOc1ccc2c(c1)[nH]c(=O)n2C1CCNCC1. The van der Waals surface area contributed by atoms with Crippen molar-refractivity contribution >= 4 is 11.0 Å². The van der Waals surface area contributed by atoms with Crippen molar-refractivity contribution in [1.82, 2.24) is 14.9 Å². The van der Waals surface area contributed by atoms with E-state index in [0.29, 0.717) is 12.6 Å². The van der Waals surface area contributed by atoms with Crippen LogP contribution in [-0.2, 0) is 0 Å². The number of piperidine rings is 1. The Morgan fingerprint density at radius 1 is 1.37 bits per heavy atom. The molecule has 1 fully saturated rings. The van der Waals surface area contributed by atoms with Crippen LogP contribution in [-0.4, -0.2) is 29.2 Å². The Morgan fingerprint density at radius 2 is 2.16 bits per heavy atom. The number of benzene rings is 1. The molecule has 5 heteroatoms. The zero-order valence-corrected chi connectivity index (χ0v) is 11.1. The zero-order valence-electron chi connectivity index (χ0n) is 11.1. The van der Waals surface area contributed by atoms with Crippen molar-refractivity contribution in [2.75, 3.05) is 19.7 Å². The number of nitrogens with one attached hydrogen (secondary N) is 2. The maximum absolute atomic E-state index is 12.2. The maximum atomic E-state index is 12.2. The van der Waals surface area contributed by atoms with Gasteiger partial charge in [-0.25, -0.2) is 4.79 Å². The first-order valence-corrected chi connectivity index (χ1v) is 6.87. The lowest BCUT2D eigenvalue weighted by Crippen LogP contribution is -2.33. The average Bonchev–Trinajstić information content (AvgIpc) is 2.75. The molecule has 0 amide bonds. The van der Waals surface area contributed by atoms with Crippen LogP contribution in [0.5, 0.6) is 5.75 Å². The fourth-order valence-electron chi connectivity index (χ4n) is 2.79. The minimum atomic E-state index is -0.0180. The molecule has 3 rings (SSSR count).